The lowest BCUT2D eigenvalue weighted by molar-refractivity contribution is 0.126. The number of hydrogen-bond acceptors (Lipinski definition) is 4. The summed E-state index contributed by atoms with van der Waals surface area (Å²) in [5.41, 5.74) is 0.854. The van der Waals surface area contributed by atoms with Gasteiger partial charge in [0.15, 0.2) is 0 Å². The van der Waals surface area contributed by atoms with Crippen molar-refractivity contribution >= 4 is 21.4 Å². The lowest BCUT2D eigenvalue weighted by Gasteiger charge is -2.15. The Morgan fingerprint density at radius 3 is 2.50 bits per heavy atom. The van der Waals surface area contributed by atoms with Crippen molar-refractivity contribution in [3.8, 4) is 0 Å². The van der Waals surface area contributed by atoms with E-state index in [0.717, 1.165) is 21.8 Å². The Bertz CT molecular complexity index is 542. The van der Waals surface area contributed by atoms with Crippen molar-refractivity contribution in [3.63, 3.8) is 0 Å². The summed E-state index contributed by atoms with van der Waals surface area (Å²) < 4.78 is 49.7. The van der Waals surface area contributed by atoms with Crippen molar-refractivity contribution < 1.29 is 17.2 Å². The summed E-state index contributed by atoms with van der Waals surface area (Å²) in [5, 5.41) is 3.21. The van der Waals surface area contributed by atoms with Crippen LogP contribution in [0.1, 0.15) is 24.3 Å². The van der Waals surface area contributed by atoms with Crippen molar-refractivity contribution in [2.45, 2.75) is 44.0 Å². The molecule has 0 spiro atoms. The Balaban J connectivity index is 2.94. The number of sulfonamides is 1. The number of alkyl halides is 2. The molecule has 1 N–H and O–H groups in total. The number of thiophene rings is 1. The molecule has 0 aliphatic rings. The highest BCUT2D eigenvalue weighted by Gasteiger charge is 2.26. The van der Waals surface area contributed by atoms with E-state index in [9.17, 15) is 17.2 Å². The molecule has 1 heterocycles. The second-order valence-electron chi connectivity index (χ2n) is 4.88. The Labute approximate surface area is 122 Å². The smallest absolute Gasteiger partial charge is 0.252 e. The van der Waals surface area contributed by atoms with Gasteiger partial charge in [-0.25, -0.2) is 17.2 Å². The first-order valence-electron chi connectivity index (χ1n) is 6.21. The first-order chi connectivity index (χ1) is 9.14. The molecule has 0 radical (unpaired) electrons. The largest absolute Gasteiger partial charge is 0.310 e. The highest BCUT2D eigenvalue weighted by Crippen LogP contribution is 2.28. The van der Waals surface area contributed by atoms with Crippen molar-refractivity contribution in [1.29, 1.82) is 0 Å². The van der Waals surface area contributed by atoms with Gasteiger partial charge in [0.2, 0.25) is 0 Å². The second kappa shape index (κ2) is 6.93. The molecule has 8 heteroatoms. The molecule has 0 amide bonds. The third-order valence-corrected chi connectivity index (χ3v) is 6.24. The molecule has 0 aliphatic heterocycles. The van der Waals surface area contributed by atoms with Gasteiger partial charge in [0, 0.05) is 24.5 Å². The predicted octanol–water partition coefficient (Wildman–Crippen LogP) is 2.44. The molecule has 0 aliphatic carbocycles. The van der Waals surface area contributed by atoms with Crippen LogP contribution in [0.4, 0.5) is 8.78 Å². The minimum absolute atomic E-state index is 0.110. The average molecular weight is 326 g/mol. The first-order valence-corrected chi connectivity index (χ1v) is 8.47. The van der Waals surface area contributed by atoms with Gasteiger partial charge < -0.3 is 5.32 Å². The molecular formula is C12H20F2N2O2S2. The fourth-order valence-corrected chi connectivity index (χ4v) is 4.43. The number of nitrogens with zero attached hydrogens (tertiary/aromatic N) is 1. The van der Waals surface area contributed by atoms with Gasteiger partial charge in [0.05, 0.1) is 6.54 Å². The van der Waals surface area contributed by atoms with Crippen LogP contribution in [0.2, 0.25) is 0 Å². The van der Waals surface area contributed by atoms with Gasteiger partial charge in [-0.1, -0.05) is 13.8 Å². The fourth-order valence-electron chi connectivity index (χ4n) is 1.53. The highest BCUT2D eigenvalue weighted by atomic mass is 32.2. The van der Waals surface area contributed by atoms with Crippen LogP contribution in [0.15, 0.2) is 10.3 Å². The molecule has 0 fully saturated rings. The zero-order chi connectivity index (χ0) is 15.5. The van der Waals surface area contributed by atoms with Crippen LogP contribution in [0, 0.1) is 6.92 Å². The van der Waals surface area contributed by atoms with Crippen molar-refractivity contribution in [2.75, 3.05) is 13.6 Å². The maximum atomic E-state index is 12.3. The lowest BCUT2D eigenvalue weighted by atomic mass is 10.3. The van der Waals surface area contributed by atoms with Crippen LogP contribution in [-0.4, -0.2) is 38.8 Å². The summed E-state index contributed by atoms with van der Waals surface area (Å²) in [7, 11) is -2.66. The molecule has 0 saturated heterocycles. The molecule has 0 atom stereocenters. The van der Waals surface area contributed by atoms with E-state index in [1.807, 2.05) is 20.8 Å². The summed E-state index contributed by atoms with van der Waals surface area (Å²) in [6, 6.07) is 1.83. The van der Waals surface area contributed by atoms with Crippen molar-refractivity contribution in [2.24, 2.45) is 0 Å². The molecule has 116 valence electrons. The van der Waals surface area contributed by atoms with Gasteiger partial charge in [-0.2, -0.15) is 4.31 Å². The Morgan fingerprint density at radius 2 is 2.00 bits per heavy atom. The van der Waals surface area contributed by atoms with Crippen LogP contribution >= 0.6 is 11.3 Å². The van der Waals surface area contributed by atoms with E-state index in [0.29, 0.717) is 10.8 Å². The first kappa shape index (κ1) is 17.5. The molecule has 0 bridgehead atoms. The van der Waals surface area contributed by atoms with E-state index in [1.165, 1.54) is 7.05 Å². The Morgan fingerprint density at radius 1 is 1.40 bits per heavy atom. The van der Waals surface area contributed by atoms with E-state index in [2.05, 4.69) is 5.32 Å². The van der Waals surface area contributed by atoms with Crippen molar-refractivity contribution in [3.05, 3.63) is 16.5 Å². The number of nitrogens with one attached hydrogen (secondary N) is 1. The topological polar surface area (TPSA) is 49.4 Å². The number of halogens is 2. The van der Waals surface area contributed by atoms with Gasteiger partial charge in [-0.05, 0) is 18.6 Å². The lowest BCUT2D eigenvalue weighted by Crippen LogP contribution is -2.30. The number of rotatable bonds is 7. The quantitative estimate of drug-likeness (QED) is 0.837. The van der Waals surface area contributed by atoms with Crippen LogP contribution in [-0.2, 0) is 16.6 Å². The maximum Gasteiger partial charge on any atom is 0.252 e. The summed E-state index contributed by atoms with van der Waals surface area (Å²) in [6.07, 6.45) is -2.68. The third-order valence-electron chi connectivity index (χ3n) is 2.73. The van der Waals surface area contributed by atoms with Gasteiger partial charge >= 0.3 is 0 Å². The zero-order valence-corrected chi connectivity index (χ0v) is 13.6. The van der Waals surface area contributed by atoms with E-state index in [4.69, 9.17) is 0 Å². The maximum absolute atomic E-state index is 12.3. The predicted molar refractivity (Wildman–Crippen MR) is 76.9 cm³/mol. The average Bonchev–Trinajstić information content (AvgIpc) is 2.67. The molecule has 1 rings (SSSR count). The number of hydrogen-bond donors (Lipinski definition) is 1. The van der Waals surface area contributed by atoms with E-state index < -0.39 is 23.0 Å². The van der Waals surface area contributed by atoms with Crippen LogP contribution in [0.5, 0.6) is 0 Å². The van der Waals surface area contributed by atoms with Gasteiger partial charge in [0.1, 0.15) is 4.21 Å². The van der Waals surface area contributed by atoms with Gasteiger partial charge in [-0.3, -0.25) is 0 Å². The fraction of sp³-hybridized carbons (Fsp3) is 0.667. The third kappa shape index (κ3) is 4.47. The van der Waals surface area contributed by atoms with Gasteiger partial charge in [-0.15, -0.1) is 11.3 Å². The molecular weight excluding hydrogens is 306 g/mol. The van der Waals surface area contributed by atoms with Crippen molar-refractivity contribution in [1.82, 2.24) is 9.62 Å². The summed E-state index contributed by atoms with van der Waals surface area (Å²) in [5.74, 6) is 0. The molecule has 20 heavy (non-hydrogen) atoms. The molecule has 0 unspecified atom stereocenters. The van der Waals surface area contributed by atoms with E-state index in [1.54, 1.807) is 6.07 Å². The Hall–Kier alpha value is -0.570. The van der Waals surface area contributed by atoms with Crippen LogP contribution < -0.4 is 5.32 Å². The minimum atomic E-state index is -3.83. The zero-order valence-electron chi connectivity index (χ0n) is 12.0. The molecule has 0 saturated carbocycles. The SMILES string of the molecule is Cc1cc(S(=O)(=O)N(C)CC(F)F)sc1CNC(C)C. The number of aryl methyl sites for hydroxylation is 1. The van der Waals surface area contributed by atoms with Crippen LogP contribution in [0.25, 0.3) is 0 Å². The van der Waals surface area contributed by atoms with Gasteiger partial charge in [0.25, 0.3) is 16.4 Å². The van der Waals surface area contributed by atoms with Crippen LogP contribution in [0.3, 0.4) is 0 Å². The molecule has 4 nitrogen and oxygen atoms in total. The highest BCUT2D eigenvalue weighted by molar-refractivity contribution is 7.91. The second-order valence-corrected chi connectivity index (χ2v) is 8.29. The Kier molecular flexibility index (Phi) is 6.06. The van der Waals surface area contributed by atoms with E-state index >= 15 is 0 Å². The molecule has 1 aromatic heterocycles. The molecule has 1 aromatic rings. The normalized spacial score (nSPS) is 12.8. The minimum Gasteiger partial charge on any atom is -0.310 e. The summed E-state index contributed by atoms with van der Waals surface area (Å²) >= 11 is 1.13. The molecule has 0 aromatic carbocycles. The van der Waals surface area contributed by atoms with E-state index in [-0.39, 0.29) is 10.3 Å². The standard InChI is InChI=1S/C12H20F2N2O2S2/c1-8(2)15-6-10-9(3)5-12(19-10)20(17,18)16(4)7-11(13)14/h5,8,11,15H,6-7H2,1-4H3. The summed E-state index contributed by atoms with van der Waals surface area (Å²) in [6.45, 7) is 5.59. The monoisotopic (exact) mass is 326 g/mol. The summed E-state index contributed by atoms with van der Waals surface area (Å²) in [4.78, 5) is 0.905.